The summed E-state index contributed by atoms with van der Waals surface area (Å²) in [7, 11) is 0. The van der Waals surface area contributed by atoms with Crippen molar-refractivity contribution in [3.63, 3.8) is 0 Å². The van der Waals surface area contributed by atoms with Crippen LogP contribution in [0.4, 0.5) is 11.4 Å². The number of hydrogen-bond acceptors (Lipinski definition) is 7. The number of non-ortho nitro benzene ring substituents is 1. The van der Waals surface area contributed by atoms with Gasteiger partial charge in [0.15, 0.2) is 0 Å². The highest BCUT2D eigenvalue weighted by Crippen LogP contribution is 2.25. The minimum Gasteiger partial charge on any atom is -0.370 e. The lowest BCUT2D eigenvalue weighted by molar-refractivity contribution is -0.937. The summed E-state index contributed by atoms with van der Waals surface area (Å²) in [4.78, 5) is 35.6. The first kappa shape index (κ1) is 19.9. The molecular weight excluding hydrogens is 388 g/mol. The van der Waals surface area contributed by atoms with Gasteiger partial charge in [0, 0.05) is 6.07 Å². The summed E-state index contributed by atoms with van der Waals surface area (Å²) >= 11 is 1.59. The van der Waals surface area contributed by atoms with Crippen LogP contribution in [0.2, 0.25) is 0 Å². The maximum absolute atomic E-state index is 12.6. The highest BCUT2D eigenvalue weighted by molar-refractivity contribution is 7.10. The normalized spacial score (nSPS) is 15.7. The molecule has 0 radical (unpaired) electrons. The molecule has 0 spiro atoms. The van der Waals surface area contributed by atoms with Gasteiger partial charge < -0.3 is 15.0 Å². The number of amides is 1. The van der Waals surface area contributed by atoms with E-state index >= 15 is 0 Å². The molecule has 1 aromatic heterocycles. The van der Waals surface area contributed by atoms with Gasteiger partial charge in [0.1, 0.15) is 24.7 Å². The monoisotopic (exact) mass is 407 g/mol. The van der Waals surface area contributed by atoms with Crippen molar-refractivity contribution in [3.8, 4) is 0 Å². The number of benzene rings is 1. The Labute approximate surface area is 164 Å². The van der Waals surface area contributed by atoms with Gasteiger partial charge in [-0.25, -0.2) is 0 Å². The molecule has 2 aromatic rings. The number of nitro benzene ring substituents is 2. The first-order chi connectivity index (χ1) is 13.5. The number of ether oxygens (including phenoxy) is 1. The molecule has 0 bridgehead atoms. The smallest absolute Gasteiger partial charge is 0.289 e. The van der Waals surface area contributed by atoms with Crippen LogP contribution in [0.3, 0.4) is 0 Å². The number of morpholine rings is 1. The molecular formula is C17H19N4O6S+. The zero-order chi connectivity index (χ0) is 20.1. The quantitative estimate of drug-likeness (QED) is 0.519. The predicted molar refractivity (Wildman–Crippen MR) is 101 cm³/mol. The summed E-state index contributed by atoms with van der Waals surface area (Å²) < 4.78 is 5.40. The van der Waals surface area contributed by atoms with Crippen molar-refractivity contribution in [3.05, 3.63) is 66.4 Å². The molecule has 1 atom stereocenters. The highest BCUT2D eigenvalue weighted by Gasteiger charge is 2.29. The standard InChI is InChI=1S/C17H18N4O6S/c22-17(13-4-3-12(20(23)24)10-14(13)21(25)26)18-11-15(16-2-1-9-28-16)19-5-7-27-8-6-19/h1-4,9-10,15H,5-8,11H2,(H,18,22)/p+1/t15-/m0/s1. The third-order valence-electron chi connectivity index (χ3n) is 4.61. The molecule has 0 saturated carbocycles. The van der Waals surface area contributed by atoms with Gasteiger partial charge in [0.2, 0.25) is 0 Å². The maximum atomic E-state index is 12.6. The Morgan fingerprint density at radius 1 is 1.21 bits per heavy atom. The third kappa shape index (κ3) is 4.50. The summed E-state index contributed by atoms with van der Waals surface area (Å²) in [6.07, 6.45) is 0. The van der Waals surface area contributed by atoms with E-state index in [1.807, 2.05) is 17.5 Å². The largest absolute Gasteiger partial charge is 0.370 e. The van der Waals surface area contributed by atoms with E-state index in [0.29, 0.717) is 19.8 Å². The zero-order valence-electron chi connectivity index (χ0n) is 14.8. The van der Waals surface area contributed by atoms with Gasteiger partial charge in [0.25, 0.3) is 17.3 Å². The molecule has 2 heterocycles. The first-order valence-corrected chi connectivity index (χ1v) is 9.52. The van der Waals surface area contributed by atoms with E-state index in [9.17, 15) is 25.0 Å². The Morgan fingerprint density at radius 2 is 1.96 bits per heavy atom. The van der Waals surface area contributed by atoms with Gasteiger partial charge in [-0.15, -0.1) is 11.3 Å². The summed E-state index contributed by atoms with van der Waals surface area (Å²) in [5, 5.41) is 26.8. The van der Waals surface area contributed by atoms with Gasteiger partial charge in [-0.3, -0.25) is 25.0 Å². The minimum atomic E-state index is -0.786. The van der Waals surface area contributed by atoms with Crippen LogP contribution in [0.5, 0.6) is 0 Å². The molecule has 1 saturated heterocycles. The van der Waals surface area contributed by atoms with Crippen LogP contribution in [0.1, 0.15) is 21.3 Å². The predicted octanol–water partition coefficient (Wildman–Crippen LogP) is 0.951. The molecule has 1 aromatic carbocycles. The first-order valence-electron chi connectivity index (χ1n) is 8.64. The Morgan fingerprint density at radius 3 is 2.57 bits per heavy atom. The van der Waals surface area contributed by atoms with E-state index in [4.69, 9.17) is 4.74 Å². The van der Waals surface area contributed by atoms with E-state index in [1.165, 1.54) is 4.90 Å². The Balaban J connectivity index is 1.77. The Kier molecular flexibility index (Phi) is 6.29. The summed E-state index contributed by atoms with van der Waals surface area (Å²) in [5.41, 5.74) is -1.21. The number of nitrogens with one attached hydrogen (secondary N) is 2. The fraction of sp³-hybridized carbons (Fsp3) is 0.353. The van der Waals surface area contributed by atoms with Gasteiger partial charge in [-0.05, 0) is 17.5 Å². The molecule has 11 heteroatoms. The van der Waals surface area contributed by atoms with Crippen molar-refractivity contribution in [2.24, 2.45) is 0 Å². The summed E-state index contributed by atoms with van der Waals surface area (Å²) in [6.45, 7) is 3.17. The average molecular weight is 407 g/mol. The molecule has 28 heavy (non-hydrogen) atoms. The fourth-order valence-electron chi connectivity index (χ4n) is 3.18. The molecule has 1 aliphatic rings. The average Bonchev–Trinajstić information content (AvgIpc) is 3.22. The van der Waals surface area contributed by atoms with Crippen LogP contribution in [0.25, 0.3) is 0 Å². The number of carbonyl (C=O) groups excluding carboxylic acids is 1. The topological polar surface area (TPSA) is 129 Å². The molecule has 2 N–H and O–H groups in total. The van der Waals surface area contributed by atoms with Crippen LogP contribution in [0, 0.1) is 20.2 Å². The van der Waals surface area contributed by atoms with Crippen molar-refractivity contribution in [1.29, 1.82) is 0 Å². The number of rotatable bonds is 7. The second-order valence-corrected chi connectivity index (χ2v) is 7.24. The van der Waals surface area contributed by atoms with Gasteiger partial charge in [0.05, 0.1) is 40.5 Å². The van der Waals surface area contributed by atoms with Crippen LogP contribution >= 0.6 is 11.3 Å². The van der Waals surface area contributed by atoms with Gasteiger partial charge in [-0.2, -0.15) is 0 Å². The number of hydrogen-bond donors (Lipinski definition) is 2. The van der Waals surface area contributed by atoms with E-state index in [0.717, 1.165) is 36.2 Å². The van der Waals surface area contributed by atoms with Crippen LogP contribution in [-0.4, -0.2) is 48.6 Å². The van der Waals surface area contributed by atoms with Crippen molar-refractivity contribution in [2.45, 2.75) is 6.04 Å². The minimum absolute atomic E-state index is 0.00459. The van der Waals surface area contributed by atoms with Crippen molar-refractivity contribution in [1.82, 2.24) is 5.32 Å². The number of carbonyl (C=O) groups is 1. The number of nitrogens with zero attached hydrogens (tertiary/aromatic N) is 2. The van der Waals surface area contributed by atoms with E-state index in [2.05, 4.69) is 5.32 Å². The van der Waals surface area contributed by atoms with Crippen molar-refractivity contribution < 1.29 is 24.3 Å². The van der Waals surface area contributed by atoms with Crippen LogP contribution in [-0.2, 0) is 4.74 Å². The molecule has 1 fully saturated rings. The van der Waals surface area contributed by atoms with E-state index in [-0.39, 0.29) is 11.6 Å². The Hall–Kier alpha value is -2.89. The molecule has 0 aliphatic carbocycles. The Bertz CT molecular complexity index is 867. The van der Waals surface area contributed by atoms with Crippen molar-refractivity contribution in [2.75, 3.05) is 32.8 Å². The van der Waals surface area contributed by atoms with Gasteiger partial charge in [-0.1, -0.05) is 6.07 Å². The summed E-state index contributed by atoms with van der Waals surface area (Å²) in [5.74, 6) is -0.629. The highest BCUT2D eigenvalue weighted by atomic mass is 32.1. The zero-order valence-corrected chi connectivity index (χ0v) is 15.6. The second kappa shape index (κ2) is 8.87. The number of nitro groups is 2. The molecule has 1 amide bonds. The SMILES string of the molecule is O=C(NC[C@@H](c1cccs1)[NH+]1CCOCC1)c1ccc([N+](=O)[O-])cc1[N+](=O)[O-]. The lowest BCUT2D eigenvalue weighted by Gasteiger charge is -2.31. The number of thiophene rings is 1. The third-order valence-corrected chi connectivity index (χ3v) is 5.60. The van der Waals surface area contributed by atoms with E-state index in [1.54, 1.807) is 11.3 Å². The maximum Gasteiger partial charge on any atom is 0.289 e. The molecule has 0 unspecified atom stereocenters. The molecule has 1 aliphatic heterocycles. The number of quaternary nitrogens is 1. The summed E-state index contributed by atoms with van der Waals surface area (Å²) in [6, 6.07) is 6.96. The molecule has 148 valence electrons. The second-order valence-electron chi connectivity index (χ2n) is 6.26. The lowest BCUT2D eigenvalue weighted by Crippen LogP contribution is -3.15. The van der Waals surface area contributed by atoms with Crippen LogP contribution < -0.4 is 10.2 Å². The molecule has 3 rings (SSSR count). The molecule has 10 nitrogen and oxygen atoms in total. The van der Waals surface area contributed by atoms with Gasteiger partial charge >= 0.3 is 0 Å². The fourth-order valence-corrected chi connectivity index (χ4v) is 4.07. The van der Waals surface area contributed by atoms with Crippen molar-refractivity contribution >= 4 is 28.6 Å². The van der Waals surface area contributed by atoms with E-state index < -0.39 is 27.1 Å². The van der Waals surface area contributed by atoms with Crippen LogP contribution in [0.15, 0.2) is 35.7 Å². The lowest BCUT2D eigenvalue weighted by atomic mass is 10.1.